The Bertz CT molecular complexity index is 341. The number of rotatable bonds is 4. The zero-order chi connectivity index (χ0) is 15.6. The molecule has 0 radical (unpaired) electrons. The van der Waals surface area contributed by atoms with Crippen LogP contribution in [0.25, 0.3) is 0 Å². The number of aliphatic hydroxyl groups is 1. The van der Waals surface area contributed by atoms with Gasteiger partial charge < -0.3 is 19.5 Å². The average molecular weight is 303 g/mol. The summed E-state index contributed by atoms with van der Waals surface area (Å²) < 4.78 is 6.19. The zero-order valence-corrected chi connectivity index (χ0v) is 14.3. The van der Waals surface area contributed by atoms with Gasteiger partial charge in [0.05, 0.1) is 0 Å². The number of likely N-dealkylation sites (tertiary alicyclic amines) is 1. The average Bonchev–Trinajstić information content (AvgIpc) is 2.34. The quantitative estimate of drug-likeness (QED) is 0.783. The summed E-state index contributed by atoms with van der Waals surface area (Å²) in [4.78, 5) is 12.5. The summed E-state index contributed by atoms with van der Waals surface area (Å²) >= 11 is 0. The van der Waals surface area contributed by atoms with E-state index in [-0.39, 0.29) is 23.5 Å². The molecule has 2 unspecified atom stereocenters. The zero-order valence-electron chi connectivity index (χ0n) is 13.3. The van der Waals surface area contributed by atoms with Gasteiger partial charge in [0.25, 0.3) is 0 Å². The molecular formula is C14H29NO4Si. The number of hydrogen-bond donors (Lipinski definition) is 2. The van der Waals surface area contributed by atoms with E-state index in [1.54, 1.807) is 0 Å². The van der Waals surface area contributed by atoms with Crippen LogP contribution in [0, 0.1) is 11.8 Å². The summed E-state index contributed by atoms with van der Waals surface area (Å²) in [7, 11) is -1.80. The van der Waals surface area contributed by atoms with E-state index >= 15 is 0 Å². The summed E-state index contributed by atoms with van der Waals surface area (Å²) in [5, 5.41) is 18.6. The molecule has 118 valence electrons. The van der Waals surface area contributed by atoms with E-state index in [0.29, 0.717) is 19.7 Å². The molecule has 0 aromatic carbocycles. The highest BCUT2D eigenvalue weighted by atomic mass is 28.4. The van der Waals surface area contributed by atoms with Crippen LogP contribution in [0.15, 0.2) is 0 Å². The van der Waals surface area contributed by atoms with E-state index < -0.39 is 14.4 Å². The first-order valence-corrected chi connectivity index (χ1v) is 10.2. The van der Waals surface area contributed by atoms with Crippen LogP contribution in [-0.4, -0.2) is 55.8 Å². The minimum atomic E-state index is -1.80. The fraction of sp³-hybridized carbons (Fsp3) is 0.929. The Balaban J connectivity index is 2.60. The molecule has 5 nitrogen and oxygen atoms in total. The molecule has 0 aromatic rings. The third-order valence-corrected chi connectivity index (χ3v) is 9.14. The molecule has 0 spiro atoms. The molecule has 1 fully saturated rings. The summed E-state index contributed by atoms with van der Waals surface area (Å²) in [6.45, 7) is 12.6. The van der Waals surface area contributed by atoms with Crippen LogP contribution in [0.1, 0.15) is 27.2 Å². The number of carbonyl (C=O) groups is 1. The molecule has 1 amide bonds. The monoisotopic (exact) mass is 303 g/mol. The molecule has 6 heteroatoms. The Morgan fingerprint density at radius 1 is 1.30 bits per heavy atom. The van der Waals surface area contributed by atoms with Crippen molar-refractivity contribution in [2.75, 3.05) is 26.3 Å². The van der Waals surface area contributed by atoms with Crippen LogP contribution >= 0.6 is 0 Å². The summed E-state index contributed by atoms with van der Waals surface area (Å²) in [6, 6.07) is 0. The largest absolute Gasteiger partial charge is 0.465 e. The van der Waals surface area contributed by atoms with Crippen molar-refractivity contribution < 1.29 is 19.4 Å². The molecule has 2 N–H and O–H groups in total. The van der Waals surface area contributed by atoms with Crippen LogP contribution in [0.3, 0.4) is 0 Å². The van der Waals surface area contributed by atoms with E-state index in [9.17, 15) is 9.90 Å². The smallest absolute Gasteiger partial charge is 0.407 e. The molecule has 1 saturated heterocycles. The minimum Gasteiger partial charge on any atom is -0.465 e. The molecule has 0 aliphatic carbocycles. The first-order chi connectivity index (χ1) is 9.06. The van der Waals surface area contributed by atoms with Crippen molar-refractivity contribution >= 4 is 14.4 Å². The highest BCUT2D eigenvalue weighted by Crippen LogP contribution is 2.37. The van der Waals surface area contributed by atoms with Gasteiger partial charge in [-0.2, -0.15) is 0 Å². The Morgan fingerprint density at radius 2 is 1.85 bits per heavy atom. The molecule has 1 heterocycles. The highest BCUT2D eigenvalue weighted by Gasteiger charge is 2.38. The van der Waals surface area contributed by atoms with Crippen molar-refractivity contribution in [2.24, 2.45) is 11.8 Å². The van der Waals surface area contributed by atoms with Crippen molar-refractivity contribution in [1.82, 2.24) is 4.90 Å². The van der Waals surface area contributed by atoms with Crippen molar-refractivity contribution in [2.45, 2.75) is 45.3 Å². The molecule has 1 aliphatic rings. The van der Waals surface area contributed by atoms with Gasteiger partial charge in [0.15, 0.2) is 8.32 Å². The van der Waals surface area contributed by atoms with Gasteiger partial charge in [-0.1, -0.05) is 20.8 Å². The lowest BCUT2D eigenvalue weighted by molar-refractivity contribution is 0.0582. The third kappa shape index (κ3) is 4.46. The molecular weight excluding hydrogens is 274 g/mol. The molecule has 0 aromatic heterocycles. The van der Waals surface area contributed by atoms with Crippen LogP contribution in [0.2, 0.25) is 18.1 Å². The van der Waals surface area contributed by atoms with Gasteiger partial charge in [0.1, 0.15) is 0 Å². The van der Waals surface area contributed by atoms with Gasteiger partial charge in [-0.3, -0.25) is 0 Å². The second-order valence-electron chi connectivity index (χ2n) is 7.41. The van der Waals surface area contributed by atoms with Crippen molar-refractivity contribution in [3.63, 3.8) is 0 Å². The molecule has 1 rings (SSSR count). The van der Waals surface area contributed by atoms with Crippen LogP contribution < -0.4 is 0 Å². The third-order valence-electron chi connectivity index (χ3n) is 4.64. The molecule has 20 heavy (non-hydrogen) atoms. The first-order valence-electron chi connectivity index (χ1n) is 7.29. The van der Waals surface area contributed by atoms with Crippen LogP contribution in [0.4, 0.5) is 4.79 Å². The lowest BCUT2D eigenvalue weighted by Crippen LogP contribution is -2.48. The maximum Gasteiger partial charge on any atom is 0.407 e. The second kappa shape index (κ2) is 6.45. The Kier molecular flexibility index (Phi) is 5.63. The molecule has 0 bridgehead atoms. The van der Waals surface area contributed by atoms with Crippen molar-refractivity contribution in [3.05, 3.63) is 0 Å². The van der Waals surface area contributed by atoms with Gasteiger partial charge in [-0.05, 0) is 30.5 Å². The Morgan fingerprint density at radius 3 is 2.30 bits per heavy atom. The standard InChI is InChI=1S/C14H29NO4Si/c1-14(2,3)20(4,5)19-10-12-6-11(9-16)7-15(8-12)13(17)18/h11-12,16H,6-10H2,1-5H3,(H,17,18). The number of carboxylic acid groups (broad SMARTS) is 1. The van der Waals surface area contributed by atoms with E-state index in [2.05, 4.69) is 33.9 Å². The van der Waals surface area contributed by atoms with Crippen molar-refractivity contribution in [3.8, 4) is 0 Å². The second-order valence-corrected chi connectivity index (χ2v) is 12.2. The summed E-state index contributed by atoms with van der Waals surface area (Å²) in [6.07, 6.45) is -0.0602. The normalized spacial score (nSPS) is 24.8. The number of hydrogen-bond acceptors (Lipinski definition) is 3. The van der Waals surface area contributed by atoms with E-state index in [4.69, 9.17) is 9.53 Å². The van der Waals surface area contributed by atoms with Gasteiger partial charge in [-0.15, -0.1) is 0 Å². The van der Waals surface area contributed by atoms with Gasteiger partial charge in [0, 0.05) is 32.2 Å². The SMILES string of the molecule is CC(C)(C)[Si](C)(C)OCC1CC(CO)CN(C(=O)O)C1. The predicted molar refractivity (Wildman–Crippen MR) is 81.4 cm³/mol. The highest BCUT2D eigenvalue weighted by molar-refractivity contribution is 6.74. The van der Waals surface area contributed by atoms with E-state index in [1.807, 2.05) is 0 Å². The summed E-state index contributed by atoms with van der Waals surface area (Å²) in [5.41, 5.74) is 0. The van der Waals surface area contributed by atoms with Gasteiger partial charge >= 0.3 is 6.09 Å². The van der Waals surface area contributed by atoms with E-state index in [1.165, 1.54) is 4.90 Å². The maximum absolute atomic E-state index is 11.1. The molecule has 0 saturated carbocycles. The van der Waals surface area contributed by atoms with Crippen LogP contribution in [0.5, 0.6) is 0 Å². The Hall–Kier alpha value is -0.593. The number of nitrogens with zero attached hydrogens (tertiary/aromatic N) is 1. The predicted octanol–water partition coefficient (Wildman–Crippen LogP) is 2.62. The fourth-order valence-corrected chi connectivity index (χ4v) is 3.36. The number of aliphatic hydroxyl groups excluding tert-OH is 1. The molecule has 2 atom stereocenters. The fourth-order valence-electron chi connectivity index (χ4n) is 2.27. The van der Waals surface area contributed by atoms with Crippen molar-refractivity contribution in [1.29, 1.82) is 0 Å². The first kappa shape index (κ1) is 17.5. The number of piperidine rings is 1. The van der Waals surface area contributed by atoms with Gasteiger partial charge in [-0.25, -0.2) is 4.79 Å². The Labute approximate surface area is 123 Å². The minimum absolute atomic E-state index is 0.0351. The number of amides is 1. The van der Waals surface area contributed by atoms with E-state index in [0.717, 1.165) is 6.42 Å². The lowest BCUT2D eigenvalue weighted by atomic mass is 9.90. The molecule has 1 aliphatic heterocycles. The summed E-state index contributed by atoms with van der Waals surface area (Å²) in [5.74, 6) is 0.221. The topological polar surface area (TPSA) is 70.0 Å². The maximum atomic E-state index is 11.1. The van der Waals surface area contributed by atoms with Crippen LogP contribution in [-0.2, 0) is 4.43 Å². The lowest BCUT2D eigenvalue weighted by Gasteiger charge is -2.40. The van der Waals surface area contributed by atoms with Gasteiger partial charge in [0.2, 0.25) is 0 Å².